The number of fused-ring (bicyclic) bond motifs is 2. The van der Waals surface area contributed by atoms with Gasteiger partial charge in [-0.15, -0.1) is 0 Å². The third-order valence-electron chi connectivity index (χ3n) is 4.31. The molecule has 130 valence electrons. The van der Waals surface area contributed by atoms with Crippen LogP contribution >= 0.6 is 0 Å². The molecule has 2 unspecified atom stereocenters. The Kier molecular flexibility index (Phi) is 4.11. The van der Waals surface area contributed by atoms with E-state index in [1.165, 1.54) is 7.11 Å². The zero-order valence-corrected chi connectivity index (χ0v) is 14.5. The normalized spacial score (nSPS) is 22.7. The second-order valence-corrected chi connectivity index (χ2v) is 7.23. The zero-order chi connectivity index (χ0) is 17.5. The van der Waals surface area contributed by atoms with Crippen LogP contribution < -0.4 is 4.90 Å². The molecule has 0 spiro atoms. The van der Waals surface area contributed by atoms with Crippen LogP contribution in [0.5, 0.6) is 0 Å². The first kappa shape index (κ1) is 16.5. The van der Waals surface area contributed by atoms with E-state index in [1.807, 2.05) is 31.7 Å². The number of carbonyl (C=O) groups excluding carboxylic acids is 2. The molecule has 1 amide bonds. The standard InChI is InChI=1S/C17H23N3O4/c1-17(2,3)24-16(22)20-12-7-13(20)10-19(9-12)11-5-6-14(18-8-11)15(21)23-4/h5-6,8,12-13H,7,9-10H2,1-4H3. The van der Waals surface area contributed by atoms with Crippen LogP contribution in [0.15, 0.2) is 18.3 Å². The number of hydrogen-bond donors (Lipinski definition) is 0. The summed E-state index contributed by atoms with van der Waals surface area (Å²) in [7, 11) is 1.33. The molecule has 0 N–H and O–H groups in total. The molecule has 0 aliphatic carbocycles. The van der Waals surface area contributed by atoms with Gasteiger partial charge in [0.25, 0.3) is 0 Å². The van der Waals surface area contributed by atoms with E-state index in [2.05, 4.69) is 14.6 Å². The topological polar surface area (TPSA) is 72.0 Å². The second kappa shape index (κ2) is 5.96. The molecule has 0 radical (unpaired) electrons. The van der Waals surface area contributed by atoms with Crippen LogP contribution in [0.3, 0.4) is 0 Å². The summed E-state index contributed by atoms with van der Waals surface area (Å²) in [4.78, 5) is 31.9. The zero-order valence-electron chi connectivity index (χ0n) is 14.5. The van der Waals surface area contributed by atoms with Gasteiger partial charge in [-0.2, -0.15) is 0 Å². The Morgan fingerprint density at radius 2 is 1.88 bits per heavy atom. The van der Waals surface area contributed by atoms with Crippen molar-refractivity contribution >= 4 is 17.7 Å². The average molecular weight is 333 g/mol. The fourth-order valence-electron chi connectivity index (χ4n) is 3.23. The van der Waals surface area contributed by atoms with E-state index in [0.717, 1.165) is 25.2 Å². The van der Waals surface area contributed by atoms with E-state index in [0.29, 0.717) is 5.69 Å². The number of piperazine rings is 1. The fraction of sp³-hybridized carbons (Fsp3) is 0.588. The van der Waals surface area contributed by atoms with Gasteiger partial charge < -0.3 is 14.4 Å². The number of nitrogens with zero attached hydrogens (tertiary/aromatic N) is 3. The summed E-state index contributed by atoms with van der Waals surface area (Å²) in [6, 6.07) is 3.85. The van der Waals surface area contributed by atoms with Crippen LogP contribution in [0.1, 0.15) is 37.7 Å². The Labute approximate surface area is 141 Å². The van der Waals surface area contributed by atoms with Crippen molar-refractivity contribution in [2.75, 3.05) is 25.1 Å². The average Bonchev–Trinajstić information content (AvgIpc) is 2.52. The molecule has 0 saturated carbocycles. The summed E-state index contributed by atoms with van der Waals surface area (Å²) in [6.07, 6.45) is 2.45. The van der Waals surface area contributed by atoms with Gasteiger partial charge in [0, 0.05) is 13.1 Å². The van der Waals surface area contributed by atoms with Crippen molar-refractivity contribution in [1.29, 1.82) is 0 Å². The highest BCUT2D eigenvalue weighted by molar-refractivity contribution is 5.87. The van der Waals surface area contributed by atoms with Crippen molar-refractivity contribution in [1.82, 2.24) is 9.88 Å². The Hall–Kier alpha value is -2.31. The maximum Gasteiger partial charge on any atom is 0.410 e. The van der Waals surface area contributed by atoms with Gasteiger partial charge >= 0.3 is 12.1 Å². The Morgan fingerprint density at radius 3 is 2.38 bits per heavy atom. The van der Waals surface area contributed by atoms with Crippen molar-refractivity contribution in [3.63, 3.8) is 0 Å². The smallest absolute Gasteiger partial charge is 0.410 e. The minimum Gasteiger partial charge on any atom is -0.464 e. The van der Waals surface area contributed by atoms with E-state index in [4.69, 9.17) is 4.74 Å². The molecule has 1 aromatic rings. The van der Waals surface area contributed by atoms with E-state index < -0.39 is 11.6 Å². The van der Waals surface area contributed by atoms with Gasteiger partial charge in [0.2, 0.25) is 0 Å². The molecule has 0 aromatic carbocycles. The van der Waals surface area contributed by atoms with Crippen molar-refractivity contribution in [3.05, 3.63) is 24.0 Å². The molecule has 3 fully saturated rings. The first-order valence-electron chi connectivity index (χ1n) is 8.09. The lowest BCUT2D eigenvalue weighted by Crippen LogP contribution is -2.70. The van der Waals surface area contributed by atoms with E-state index >= 15 is 0 Å². The van der Waals surface area contributed by atoms with Gasteiger partial charge in [-0.1, -0.05) is 0 Å². The number of piperidine rings is 1. The molecule has 3 aliphatic rings. The first-order chi connectivity index (χ1) is 11.3. The maximum absolute atomic E-state index is 12.3. The largest absolute Gasteiger partial charge is 0.464 e. The minimum atomic E-state index is -0.478. The highest BCUT2D eigenvalue weighted by Gasteiger charge is 2.48. The quantitative estimate of drug-likeness (QED) is 0.772. The Balaban J connectivity index is 1.63. The number of hydrogen-bond acceptors (Lipinski definition) is 6. The molecule has 2 bridgehead atoms. The Morgan fingerprint density at radius 1 is 1.21 bits per heavy atom. The van der Waals surface area contributed by atoms with Gasteiger partial charge in [0.15, 0.2) is 0 Å². The molecular weight excluding hydrogens is 310 g/mol. The summed E-state index contributed by atoms with van der Waals surface area (Å²) < 4.78 is 10.1. The molecule has 7 nitrogen and oxygen atoms in total. The number of amides is 1. The molecule has 4 rings (SSSR count). The van der Waals surface area contributed by atoms with Gasteiger partial charge in [0.05, 0.1) is 31.1 Å². The summed E-state index contributed by atoms with van der Waals surface area (Å²) in [5.41, 5.74) is 0.758. The van der Waals surface area contributed by atoms with Crippen LogP contribution in [0.4, 0.5) is 10.5 Å². The summed E-state index contributed by atoms with van der Waals surface area (Å²) in [5.74, 6) is -0.445. The summed E-state index contributed by atoms with van der Waals surface area (Å²) in [6.45, 7) is 7.12. The van der Waals surface area contributed by atoms with Crippen LogP contribution in [-0.2, 0) is 9.47 Å². The third-order valence-corrected chi connectivity index (χ3v) is 4.31. The SMILES string of the molecule is COC(=O)c1ccc(N2CC3CC(C2)N3C(=O)OC(C)(C)C)cn1. The first-order valence-corrected chi connectivity index (χ1v) is 8.09. The van der Waals surface area contributed by atoms with Crippen LogP contribution in [0.25, 0.3) is 0 Å². The van der Waals surface area contributed by atoms with Gasteiger partial charge in [-0.05, 0) is 39.3 Å². The predicted molar refractivity (Wildman–Crippen MR) is 88.1 cm³/mol. The van der Waals surface area contributed by atoms with E-state index in [1.54, 1.807) is 12.3 Å². The second-order valence-electron chi connectivity index (χ2n) is 7.23. The number of methoxy groups -OCH3 is 1. The molecule has 24 heavy (non-hydrogen) atoms. The van der Waals surface area contributed by atoms with Crippen LogP contribution in [0.2, 0.25) is 0 Å². The van der Waals surface area contributed by atoms with Crippen LogP contribution in [-0.4, -0.2) is 59.8 Å². The number of anilines is 1. The maximum atomic E-state index is 12.3. The van der Waals surface area contributed by atoms with Crippen molar-refractivity contribution in [3.8, 4) is 0 Å². The minimum absolute atomic E-state index is 0.166. The number of carbonyl (C=O) groups is 2. The van der Waals surface area contributed by atoms with Gasteiger partial charge in [0.1, 0.15) is 11.3 Å². The highest BCUT2D eigenvalue weighted by atomic mass is 16.6. The monoisotopic (exact) mass is 333 g/mol. The number of esters is 1. The molecule has 1 aromatic heterocycles. The van der Waals surface area contributed by atoms with Crippen LogP contribution in [0, 0.1) is 0 Å². The van der Waals surface area contributed by atoms with E-state index in [-0.39, 0.29) is 18.2 Å². The van der Waals surface area contributed by atoms with E-state index in [9.17, 15) is 9.59 Å². The molecular formula is C17H23N3O4. The molecule has 7 heteroatoms. The van der Waals surface area contributed by atoms with Gasteiger partial charge in [-0.25, -0.2) is 14.6 Å². The highest BCUT2D eigenvalue weighted by Crippen LogP contribution is 2.35. The van der Waals surface area contributed by atoms with Crippen molar-refractivity contribution < 1.29 is 19.1 Å². The Bertz CT molecular complexity index is 626. The molecule has 3 aliphatic heterocycles. The lowest BCUT2D eigenvalue weighted by atomic mass is 9.88. The van der Waals surface area contributed by atoms with Crippen molar-refractivity contribution in [2.45, 2.75) is 44.9 Å². The predicted octanol–water partition coefficient (Wildman–Crippen LogP) is 2.07. The number of ether oxygens (including phenoxy) is 2. The number of aromatic nitrogens is 1. The van der Waals surface area contributed by atoms with Gasteiger partial charge in [-0.3, -0.25) is 4.90 Å². The number of pyridine rings is 1. The summed E-state index contributed by atoms with van der Waals surface area (Å²) >= 11 is 0. The molecule has 2 atom stereocenters. The third kappa shape index (κ3) is 3.16. The van der Waals surface area contributed by atoms with Crippen molar-refractivity contribution in [2.24, 2.45) is 0 Å². The fourth-order valence-corrected chi connectivity index (χ4v) is 3.23. The lowest BCUT2D eigenvalue weighted by molar-refractivity contribution is -0.0379. The summed E-state index contributed by atoms with van der Waals surface area (Å²) in [5, 5.41) is 0. The lowest BCUT2D eigenvalue weighted by Gasteiger charge is -2.56. The molecule has 4 heterocycles. The molecule has 3 saturated heterocycles. The number of rotatable bonds is 2.